The molecule has 1 saturated heterocycles. The van der Waals surface area contributed by atoms with Crippen LogP contribution in [-0.2, 0) is 0 Å². The zero-order valence-electron chi connectivity index (χ0n) is 17.4. The standard InChI is InChI=1S/C25H21ClN4OS/c1-31-20-12-10-18(11-13-20)30-24(23(28-25(30)32)21-8-2-3-14-27-21)22-9-5-15-29(22)19-7-4-6-17(26)16-19/h2-16,23-24H,1H3,(H,28,32)/t23-,24+/m1/s1. The smallest absolute Gasteiger partial charge is 0.174 e. The summed E-state index contributed by atoms with van der Waals surface area (Å²) in [6.07, 6.45) is 3.85. The average Bonchev–Trinajstić information content (AvgIpc) is 3.44. The van der Waals surface area contributed by atoms with Crippen LogP contribution in [0.5, 0.6) is 5.75 Å². The molecule has 160 valence electrons. The number of nitrogens with zero attached hydrogens (tertiary/aromatic N) is 3. The van der Waals surface area contributed by atoms with Gasteiger partial charge in [0.1, 0.15) is 11.8 Å². The molecule has 1 aliphatic rings. The molecule has 32 heavy (non-hydrogen) atoms. The molecule has 0 saturated carbocycles. The Morgan fingerprint density at radius 2 is 1.81 bits per heavy atom. The molecule has 1 aliphatic heterocycles. The van der Waals surface area contributed by atoms with Crippen molar-refractivity contribution in [3.8, 4) is 11.4 Å². The number of hydrogen-bond donors (Lipinski definition) is 1. The van der Waals surface area contributed by atoms with Gasteiger partial charge in [-0.15, -0.1) is 0 Å². The number of nitrogens with one attached hydrogen (secondary N) is 1. The van der Waals surface area contributed by atoms with Crippen LogP contribution in [0.25, 0.3) is 5.69 Å². The first kappa shape index (κ1) is 20.5. The molecule has 0 aliphatic carbocycles. The van der Waals surface area contributed by atoms with Crippen molar-refractivity contribution >= 4 is 34.6 Å². The quantitative estimate of drug-likeness (QED) is 0.386. The first-order valence-corrected chi connectivity index (χ1v) is 11.0. The van der Waals surface area contributed by atoms with Crippen LogP contribution in [0.1, 0.15) is 23.5 Å². The molecular weight excluding hydrogens is 440 g/mol. The molecule has 0 bridgehead atoms. The fourth-order valence-corrected chi connectivity index (χ4v) is 4.70. The van der Waals surface area contributed by atoms with Crippen molar-refractivity contribution in [1.82, 2.24) is 14.9 Å². The van der Waals surface area contributed by atoms with E-state index in [1.54, 1.807) is 7.11 Å². The topological polar surface area (TPSA) is 42.3 Å². The van der Waals surface area contributed by atoms with Crippen LogP contribution in [0.2, 0.25) is 5.02 Å². The Morgan fingerprint density at radius 3 is 2.53 bits per heavy atom. The van der Waals surface area contributed by atoms with Crippen LogP contribution < -0.4 is 15.0 Å². The van der Waals surface area contributed by atoms with Gasteiger partial charge in [-0.2, -0.15) is 0 Å². The summed E-state index contributed by atoms with van der Waals surface area (Å²) in [5.41, 5.74) is 3.97. The van der Waals surface area contributed by atoms with Crippen LogP contribution in [0.4, 0.5) is 5.69 Å². The van der Waals surface area contributed by atoms with E-state index in [0.29, 0.717) is 10.1 Å². The molecular formula is C25H21ClN4OS. The Balaban J connectivity index is 1.65. The maximum Gasteiger partial charge on any atom is 0.174 e. The molecule has 3 heterocycles. The van der Waals surface area contributed by atoms with Gasteiger partial charge in [-0.05, 0) is 78.9 Å². The van der Waals surface area contributed by atoms with Crippen molar-refractivity contribution < 1.29 is 4.74 Å². The summed E-state index contributed by atoms with van der Waals surface area (Å²) in [6, 6.07) is 25.6. The lowest BCUT2D eigenvalue weighted by molar-refractivity contribution is 0.415. The molecule has 0 spiro atoms. The van der Waals surface area contributed by atoms with Gasteiger partial charge in [0.2, 0.25) is 0 Å². The fraction of sp³-hybridized carbons (Fsp3) is 0.120. The Kier molecular flexibility index (Phi) is 5.55. The van der Waals surface area contributed by atoms with E-state index in [-0.39, 0.29) is 12.1 Å². The molecule has 0 radical (unpaired) electrons. The monoisotopic (exact) mass is 460 g/mol. The predicted octanol–water partition coefficient (Wildman–Crippen LogP) is 5.71. The normalized spacial score (nSPS) is 17.9. The highest BCUT2D eigenvalue weighted by Gasteiger charge is 2.42. The Morgan fingerprint density at radius 1 is 0.969 bits per heavy atom. The molecule has 0 unspecified atom stereocenters. The largest absolute Gasteiger partial charge is 0.497 e. The third-order valence-electron chi connectivity index (χ3n) is 5.62. The van der Waals surface area contributed by atoms with Crippen LogP contribution in [0, 0.1) is 0 Å². The maximum atomic E-state index is 6.30. The molecule has 0 amide bonds. The first-order valence-electron chi connectivity index (χ1n) is 10.2. The fourth-order valence-electron chi connectivity index (χ4n) is 4.17. The van der Waals surface area contributed by atoms with Crippen molar-refractivity contribution in [2.45, 2.75) is 12.1 Å². The molecule has 5 nitrogen and oxygen atoms in total. The molecule has 1 N–H and O–H groups in total. The second-order valence-electron chi connectivity index (χ2n) is 7.48. The van der Waals surface area contributed by atoms with Gasteiger partial charge in [0.15, 0.2) is 5.11 Å². The van der Waals surface area contributed by atoms with E-state index in [9.17, 15) is 0 Å². The first-order chi connectivity index (χ1) is 15.7. The zero-order chi connectivity index (χ0) is 22.1. The highest BCUT2D eigenvalue weighted by Crippen LogP contribution is 2.42. The number of thiocarbonyl (C=S) groups is 1. The maximum absolute atomic E-state index is 6.30. The van der Waals surface area contributed by atoms with E-state index in [4.69, 9.17) is 28.6 Å². The number of aromatic nitrogens is 2. The van der Waals surface area contributed by atoms with Gasteiger partial charge in [0.25, 0.3) is 0 Å². The lowest BCUT2D eigenvalue weighted by Crippen LogP contribution is -2.30. The van der Waals surface area contributed by atoms with E-state index >= 15 is 0 Å². The number of methoxy groups -OCH3 is 1. The molecule has 7 heteroatoms. The second-order valence-corrected chi connectivity index (χ2v) is 8.30. The van der Waals surface area contributed by atoms with E-state index in [1.165, 1.54) is 0 Å². The minimum atomic E-state index is -0.126. The number of anilines is 1. The van der Waals surface area contributed by atoms with Crippen LogP contribution >= 0.6 is 23.8 Å². The average molecular weight is 461 g/mol. The van der Waals surface area contributed by atoms with Gasteiger partial charge in [0, 0.05) is 34.5 Å². The van der Waals surface area contributed by atoms with Crippen LogP contribution in [0.3, 0.4) is 0 Å². The molecule has 2 aromatic carbocycles. The van der Waals surface area contributed by atoms with Crippen molar-refractivity contribution in [2.24, 2.45) is 0 Å². The highest BCUT2D eigenvalue weighted by molar-refractivity contribution is 7.80. The molecule has 2 atom stereocenters. The summed E-state index contributed by atoms with van der Waals surface area (Å²) in [6.45, 7) is 0. The Hall–Kier alpha value is -3.35. The van der Waals surface area contributed by atoms with Gasteiger partial charge in [-0.25, -0.2) is 0 Å². The minimum Gasteiger partial charge on any atom is -0.497 e. The Bertz CT molecular complexity index is 1240. The zero-order valence-corrected chi connectivity index (χ0v) is 18.9. The van der Waals surface area contributed by atoms with Gasteiger partial charge in [-0.3, -0.25) is 4.98 Å². The van der Waals surface area contributed by atoms with Gasteiger partial charge < -0.3 is 19.5 Å². The number of benzene rings is 2. The number of halogens is 1. The lowest BCUT2D eigenvalue weighted by atomic mass is 10.0. The van der Waals surface area contributed by atoms with Crippen LogP contribution in [0.15, 0.2) is 91.3 Å². The highest BCUT2D eigenvalue weighted by atomic mass is 35.5. The summed E-state index contributed by atoms with van der Waals surface area (Å²) in [5.74, 6) is 0.798. The van der Waals surface area contributed by atoms with Crippen molar-refractivity contribution in [3.63, 3.8) is 0 Å². The molecule has 1 fully saturated rings. The number of rotatable bonds is 5. The van der Waals surface area contributed by atoms with Crippen molar-refractivity contribution in [3.05, 3.63) is 108 Å². The summed E-state index contributed by atoms with van der Waals surface area (Å²) in [7, 11) is 1.66. The molecule has 4 aromatic rings. The van der Waals surface area contributed by atoms with Gasteiger partial charge >= 0.3 is 0 Å². The SMILES string of the molecule is COc1ccc(N2C(=S)N[C@H](c3ccccn3)[C@@H]2c2cccn2-c2cccc(Cl)c2)cc1. The van der Waals surface area contributed by atoms with Gasteiger partial charge in [-0.1, -0.05) is 23.7 Å². The third kappa shape index (κ3) is 3.72. The number of hydrogen-bond acceptors (Lipinski definition) is 3. The number of pyridine rings is 1. The third-order valence-corrected chi connectivity index (χ3v) is 6.17. The van der Waals surface area contributed by atoms with Crippen molar-refractivity contribution in [1.29, 1.82) is 0 Å². The summed E-state index contributed by atoms with van der Waals surface area (Å²) < 4.78 is 7.49. The summed E-state index contributed by atoms with van der Waals surface area (Å²) in [5, 5.41) is 4.84. The summed E-state index contributed by atoms with van der Waals surface area (Å²) >= 11 is 12.1. The van der Waals surface area contributed by atoms with E-state index < -0.39 is 0 Å². The molecule has 2 aromatic heterocycles. The lowest BCUT2D eigenvalue weighted by Gasteiger charge is -2.29. The van der Waals surface area contributed by atoms with E-state index in [1.807, 2.05) is 85.2 Å². The van der Waals surface area contributed by atoms with Crippen molar-refractivity contribution in [2.75, 3.05) is 12.0 Å². The van der Waals surface area contributed by atoms with E-state index in [2.05, 4.69) is 25.8 Å². The second kappa shape index (κ2) is 8.65. The minimum absolute atomic E-state index is 0.125. The predicted molar refractivity (Wildman–Crippen MR) is 132 cm³/mol. The summed E-state index contributed by atoms with van der Waals surface area (Å²) in [4.78, 5) is 6.77. The molecule has 5 rings (SSSR count). The Labute approximate surface area is 197 Å². The van der Waals surface area contributed by atoms with Gasteiger partial charge in [0.05, 0.1) is 18.8 Å². The van der Waals surface area contributed by atoms with E-state index in [0.717, 1.165) is 28.5 Å². The van der Waals surface area contributed by atoms with Crippen LogP contribution in [-0.4, -0.2) is 21.8 Å². The number of ether oxygens (including phenoxy) is 1.